The molecule has 1 heterocycles. The largest absolute Gasteiger partial charge is 0.364 e. The van der Waals surface area contributed by atoms with E-state index in [-0.39, 0.29) is 0 Å². The molecule has 0 bridgehead atoms. The summed E-state index contributed by atoms with van der Waals surface area (Å²) in [6.07, 6.45) is 6.84. The first kappa shape index (κ1) is 15.2. The molecular weight excluding hydrogens is 254 g/mol. The molecule has 110 valence electrons. The number of aliphatic imine (C=N–C) groups is 1. The van der Waals surface area contributed by atoms with Crippen LogP contribution in [0.25, 0.3) is 0 Å². The lowest BCUT2D eigenvalue weighted by Gasteiger charge is -2.31. The van der Waals surface area contributed by atoms with Crippen molar-refractivity contribution >= 4 is 16.9 Å². The molecule has 3 nitrogen and oxygen atoms in total. The van der Waals surface area contributed by atoms with E-state index >= 15 is 0 Å². The smallest absolute Gasteiger partial charge is 0.156 e. The van der Waals surface area contributed by atoms with Gasteiger partial charge in [-0.2, -0.15) is 0 Å². The van der Waals surface area contributed by atoms with Crippen LogP contribution in [0, 0.1) is 5.41 Å². The molecule has 1 saturated carbocycles. The van der Waals surface area contributed by atoms with Crippen LogP contribution in [0.4, 0.5) is 0 Å². The number of nitrogens with zero attached hydrogens (tertiary/aromatic N) is 2. The number of thioether (sulfide) groups is 1. The summed E-state index contributed by atoms with van der Waals surface area (Å²) >= 11 is 1.95. The normalized spacial score (nSPS) is 23.7. The predicted octanol–water partition coefficient (Wildman–Crippen LogP) is 2.97. The minimum absolute atomic E-state index is 0.559. The van der Waals surface area contributed by atoms with Gasteiger partial charge in [-0.1, -0.05) is 31.5 Å². The number of likely N-dealkylation sites (N-methyl/N-ethyl adjacent to an activating group) is 1. The topological polar surface area (TPSA) is 27.6 Å². The van der Waals surface area contributed by atoms with Gasteiger partial charge in [-0.15, -0.1) is 0 Å². The highest BCUT2D eigenvalue weighted by Crippen LogP contribution is 2.43. The highest BCUT2D eigenvalue weighted by molar-refractivity contribution is 8.13. The molecule has 2 aliphatic rings. The second kappa shape index (κ2) is 6.98. The predicted molar refractivity (Wildman–Crippen MR) is 86.0 cm³/mol. The van der Waals surface area contributed by atoms with Crippen LogP contribution in [-0.4, -0.2) is 48.5 Å². The summed E-state index contributed by atoms with van der Waals surface area (Å²) in [5, 5.41) is 4.69. The van der Waals surface area contributed by atoms with E-state index in [0.717, 1.165) is 19.6 Å². The Morgan fingerprint density at radius 3 is 2.74 bits per heavy atom. The second-order valence-corrected chi connectivity index (χ2v) is 7.25. The molecule has 1 atom stereocenters. The van der Waals surface area contributed by atoms with E-state index in [2.05, 4.69) is 31.1 Å². The molecule has 0 amide bonds. The van der Waals surface area contributed by atoms with Crippen molar-refractivity contribution in [2.75, 3.05) is 32.4 Å². The average Bonchev–Trinajstić information content (AvgIpc) is 2.88. The first-order chi connectivity index (χ1) is 9.15. The van der Waals surface area contributed by atoms with E-state index in [9.17, 15) is 0 Å². The minimum Gasteiger partial charge on any atom is -0.364 e. The van der Waals surface area contributed by atoms with Crippen LogP contribution in [0.1, 0.15) is 46.0 Å². The standard InChI is InChI=1S/C15H29N3S/c1-4-13(2)18(3)10-9-16-14-17-11-15(12-19-14)7-5-6-8-15/h13H,4-12H2,1-3H3,(H,16,17). The minimum atomic E-state index is 0.559. The van der Waals surface area contributed by atoms with Crippen molar-refractivity contribution in [3.63, 3.8) is 0 Å². The molecule has 19 heavy (non-hydrogen) atoms. The Kier molecular flexibility index (Phi) is 5.58. The van der Waals surface area contributed by atoms with Gasteiger partial charge in [0.2, 0.25) is 0 Å². The first-order valence-corrected chi connectivity index (χ1v) is 8.75. The van der Waals surface area contributed by atoms with Crippen LogP contribution in [0.15, 0.2) is 4.99 Å². The molecule has 1 aliphatic carbocycles. The highest BCUT2D eigenvalue weighted by atomic mass is 32.2. The summed E-state index contributed by atoms with van der Waals surface area (Å²) in [6, 6.07) is 0.671. The maximum Gasteiger partial charge on any atom is 0.156 e. The zero-order valence-corrected chi connectivity index (χ0v) is 13.6. The van der Waals surface area contributed by atoms with Crippen molar-refractivity contribution in [2.24, 2.45) is 10.4 Å². The van der Waals surface area contributed by atoms with Gasteiger partial charge in [0.05, 0.1) is 0 Å². The van der Waals surface area contributed by atoms with Crippen LogP contribution in [0.3, 0.4) is 0 Å². The summed E-state index contributed by atoms with van der Waals surface area (Å²) in [5.74, 6) is 1.28. The third kappa shape index (κ3) is 4.12. The zero-order chi connectivity index (χ0) is 13.7. The summed E-state index contributed by atoms with van der Waals surface area (Å²) in [4.78, 5) is 7.19. The van der Waals surface area contributed by atoms with Gasteiger partial charge in [0.1, 0.15) is 0 Å². The van der Waals surface area contributed by atoms with Gasteiger partial charge in [-0.3, -0.25) is 4.99 Å². The second-order valence-electron chi connectivity index (χ2n) is 6.28. The van der Waals surface area contributed by atoms with Crippen LogP contribution in [0.5, 0.6) is 0 Å². The molecule has 1 aliphatic heterocycles. The Balaban J connectivity index is 1.68. The third-order valence-corrected chi connectivity index (χ3v) is 6.12. The molecule has 1 fully saturated rings. The number of hydrogen-bond donors (Lipinski definition) is 1. The number of rotatable bonds is 5. The van der Waals surface area contributed by atoms with Crippen molar-refractivity contribution < 1.29 is 0 Å². The lowest BCUT2D eigenvalue weighted by Crippen LogP contribution is -2.38. The van der Waals surface area contributed by atoms with Crippen molar-refractivity contribution in [3.05, 3.63) is 0 Å². The lowest BCUT2D eigenvalue weighted by molar-refractivity contribution is 0.256. The van der Waals surface area contributed by atoms with Gasteiger partial charge >= 0.3 is 0 Å². The quantitative estimate of drug-likeness (QED) is 0.840. The Bertz CT molecular complexity index is 311. The number of hydrogen-bond acceptors (Lipinski definition) is 4. The van der Waals surface area contributed by atoms with Crippen LogP contribution in [0.2, 0.25) is 0 Å². The Morgan fingerprint density at radius 2 is 2.16 bits per heavy atom. The fraction of sp³-hybridized carbons (Fsp3) is 0.933. The molecule has 4 heteroatoms. The summed E-state index contributed by atoms with van der Waals surface area (Å²) in [5.41, 5.74) is 0.559. The molecule has 0 radical (unpaired) electrons. The molecule has 0 aromatic heterocycles. The van der Waals surface area contributed by atoms with Crippen LogP contribution >= 0.6 is 11.8 Å². The van der Waals surface area contributed by atoms with Crippen LogP contribution < -0.4 is 5.32 Å². The van der Waals surface area contributed by atoms with Gasteiger partial charge in [0.15, 0.2) is 5.17 Å². The fourth-order valence-electron chi connectivity index (χ4n) is 2.96. The van der Waals surface area contributed by atoms with Crippen molar-refractivity contribution in [3.8, 4) is 0 Å². The number of amidine groups is 1. The maximum absolute atomic E-state index is 4.78. The van der Waals surface area contributed by atoms with Crippen molar-refractivity contribution in [1.29, 1.82) is 0 Å². The van der Waals surface area contributed by atoms with Gasteiger partial charge in [-0.25, -0.2) is 0 Å². The van der Waals surface area contributed by atoms with Crippen molar-refractivity contribution in [2.45, 2.75) is 52.0 Å². The first-order valence-electron chi connectivity index (χ1n) is 7.76. The summed E-state index contributed by atoms with van der Waals surface area (Å²) in [6.45, 7) is 7.70. The molecule has 1 N–H and O–H groups in total. The molecule has 2 rings (SSSR count). The van der Waals surface area contributed by atoms with Crippen molar-refractivity contribution in [1.82, 2.24) is 10.2 Å². The lowest BCUT2D eigenvalue weighted by atomic mass is 9.89. The molecular formula is C15H29N3S. The highest BCUT2D eigenvalue weighted by Gasteiger charge is 2.36. The van der Waals surface area contributed by atoms with Crippen LogP contribution in [-0.2, 0) is 0 Å². The fourth-order valence-corrected chi connectivity index (χ4v) is 4.14. The van der Waals surface area contributed by atoms with Gasteiger partial charge in [0.25, 0.3) is 0 Å². The Hall–Kier alpha value is -0.220. The Morgan fingerprint density at radius 1 is 1.42 bits per heavy atom. The van der Waals surface area contributed by atoms with Gasteiger partial charge < -0.3 is 10.2 Å². The van der Waals surface area contributed by atoms with E-state index in [0.29, 0.717) is 11.5 Å². The maximum atomic E-state index is 4.78. The molecule has 1 spiro atoms. The molecule has 0 saturated heterocycles. The zero-order valence-electron chi connectivity index (χ0n) is 12.7. The van der Waals surface area contributed by atoms with E-state index in [4.69, 9.17) is 4.99 Å². The van der Waals surface area contributed by atoms with E-state index < -0.39 is 0 Å². The average molecular weight is 283 g/mol. The molecule has 1 unspecified atom stereocenters. The summed E-state index contributed by atoms with van der Waals surface area (Å²) in [7, 11) is 2.21. The van der Waals surface area contributed by atoms with E-state index in [1.54, 1.807) is 0 Å². The van der Waals surface area contributed by atoms with Gasteiger partial charge in [-0.05, 0) is 38.6 Å². The molecule has 0 aromatic carbocycles. The monoisotopic (exact) mass is 283 g/mol. The summed E-state index contributed by atoms with van der Waals surface area (Å²) < 4.78 is 0. The van der Waals surface area contributed by atoms with E-state index in [1.807, 2.05) is 11.8 Å². The van der Waals surface area contributed by atoms with E-state index in [1.165, 1.54) is 43.0 Å². The number of nitrogens with one attached hydrogen (secondary N) is 1. The van der Waals surface area contributed by atoms with Gasteiger partial charge in [0, 0.05) is 31.4 Å². The third-order valence-electron chi connectivity index (χ3n) is 4.82. The Labute approximate surface area is 122 Å². The molecule has 0 aromatic rings. The SMILES string of the molecule is CCC(C)N(C)CCNC1=NCC2(CCCC2)CS1.